The van der Waals surface area contributed by atoms with Crippen LogP contribution in [0.25, 0.3) is 45.4 Å². The molecule has 5 nitrogen and oxygen atoms in total. The van der Waals surface area contributed by atoms with Crippen LogP contribution in [0.5, 0.6) is 0 Å². The Morgan fingerprint density at radius 3 is 1.57 bits per heavy atom. The smallest absolute Gasteiger partial charge is 0.152 e. The van der Waals surface area contributed by atoms with Crippen LogP contribution in [0, 0.1) is 10.8 Å². The number of H-pyrrole nitrogens is 2. The topological polar surface area (TPSA) is 74.4 Å². The van der Waals surface area contributed by atoms with Crippen LogP contribution in [0.1, 0.15) is 127 Å². The number of allylic oxidation sites excluding steroid dienone is 2. The highest BCUT2D eigenvalue weighted by atomic mass is 16.1. The van der Waals surface area contributed by atoms with Gasteiger partial charge in [0.15, 0.2) is 6.29 Å². The van der Waals surface area contributed by atoms with Crippen molar-refractivity contribution < 1.29 is 4.79 Å². The van der Waals surface area contributed by atoms with Crippen LogP contribution in [-0.2, 0) is 10.8 Å². The summed E-state index contributed by atoms with van der Waals surface area (Å²) in [5.74, 6) is 0. The van der Waals surface area contributed by atoms with Gasteiger partial charge in [0.1, 0.15) is 0 Å². The molecular weight excluding hydrogens is 516 g/mol. The largest absolute Gasteiger partial charge is 0.355 e. The average Bonchev–Trinajstić information content (AvgIpc) is 3.57. The van der Waals surface area contributed by atoms with E-state index in [9.17, 15) is 4.79 Å². The molecule has 0 amide bonds. The molecule has 3 aromatic heterocycles. The number of fused-ring (bicyclic) bond motifs is 8. The van der Waals surface area contributed by atoms with E-state index < -0.39 is 0 Å². The second kappa shape index (κ2) is 9.65. The molecule has 5 heterocycles. The van der Waals surface area contributed by atoms with Gasteiger partial charge in [-0.25, -0.2) is 9.97 Å². The quantitative estimate of drug-likeness (QED) is 0.290. The number of carbonyl (C=O) groups is 1. The maximum Gasteiger partial charge on any atom is 0.152 e. The Hall–Kier alpha value is -3.73. The van der Waals surface area contributed by atoms with Crippen molar-refractivity contribution in [3.8, 4) is 0 Å². The molecule has 2 aliphatic heterocycles. The molecule has 0 aromatic carbocycles. The first kappa shape index (κ1) is 29.8. The van der Waals surface area contributed by atoms with E-state index in [0.717, 1.165) is 62.3 Å². The molecular formula is C37H46N4O. The zero-order valence-electron chi connectivity index (χ0n) is 27.4. The number of carbonyl (C=O) groups excluding carboxylic acids is 1. The first-order valence-corrected chi connectivity index (χ1v) is 15.0. The number of rotatable bonds is 1. The second-order valence-corrected chi connectivity index (χ2v) is 15.9. The van der Waals surface area contributed by atoms with Crippen LogP contribution >= 0.6 is 0 Å². The molecule has 5 rings (SSSR count). The highest BCUT2D eigenvalue weighted by Gasteiger charge is 2.28. The fourth-order valence-corrected chi connectivity index (χ4v) is 6.07. The Labute approximate surface area is 250 Å². The van der Waals surface area contributed by atoms with Crippen LogP contribution in [0.4, 0.5) is 0 Å². The fraction of sp³-hybridized carbons (Fsp3) is 0.432. The van der Waals surface area contributed by atoms with Gasteiger partial charge in [0.25, 0.3) is 0 Å². The van der Waals surface area contributed by atoms with Gasteiger partial charge in [-0.05, 0) is 86.4 Å². The van der Waals surface area contributed by atoms with E-state index in [0.29, 0.717) is 5.56 Å². The van der Waals surface area contributed by atoms with Gasteiger partial charge in [-0.1, -0.05) is 83.1 Å². The molecule has 3 aromatic rings. The number of aldehydes is 1. The van der Waals surface area contributed by atoms with Gasteiger partial charge in [-0.15, -0.1) is 0 Å². The van der Waals surface area contributed by atoms with Crippen molar-refractivity contribution in [2.75, 3.05) is 0 Å². The van der Waals surface area contributed by atoms with E-state index in [4.69, 9.17) is 9.97 Å². The number of nitrogens with zero attached hydrogens (tertiary/aromatic N) is 2. The molecule has 0 aliphatic carbocycles. The van der Waals surface area contributed by atoms with E-state index in [-0.39, 0.29) is 21.7 Å². The Morgan fingerprint density at radius 1 is 0.571 bits per heavy atom. The highest BCUT2D eigenvalue weighted by molar-refractivity contribution is 5.96. The van der Waals surface area contributed by atoms with Crippen molar-refractivity contribution in [2.24, 2.45) is 10.8 Å². The summed E-state index contributed by atoms with van der Waals surface area (Å²) in [6.07, 6.45) is 5.35. The highest BCUT2D eigenvalue weighted by Crippen LogP contribution is 2.41. The van der Waals surface area contributed by atoms with Crippen molar-refractivity contribution in [3.05, 3.63) is 69.8 Å². The van der Waals surface area contributed by atoms with Crippen molar-refractivity contribution in [1.82, 2.24) is 19.9 Å². The van der Waals surface area contributed by atoms with E-state index >= 15 is 0 Å². The summed E-state index contributed by atoms with van der Waals surface area (Å²) in [5, 5.41) is 0. The molecule has 0 unspecified atom stereocenters. The third-order valence-electron chi connectivity index (χ3n) is 8.05. The molecule has 2 N–H and O–H groups in total. The zero-order chi connectivity index (χ0) is 31.0. The van der Waals surface area contributed by atoms with Crippen molar-refractivity contribution in [3.63, 3.8) is 0 Å². The second-order valence-electron chi connectivity index (χ2n) is 15.9. The maximum absolute atomic E-state index is 12.7. The van der Waals surface area contributed by atoms with Crippen molar-refractivity contribution in [2.45, 2.75) is 93.9 Å². The lowest BCUT2D eigenvalue weighted by molar-refractivity contribution is 0.112. The van der Waals surface area contributed by atoms with E-state index in [1.807, 2.05) is 6.07 Å². The van der Waals surface area contributed by atoms with Gasteiger partial charge >= 0.3 is 0 Å². The molecule has 0 atom stereocenters. The SMILES string of the molecule is CC(C)(C)C1=Cc2cc3[nH]c(cc4nc(cc5[nH]c(cc1n2)cc5C(C)(C)C)C=C4C(C)(C)C)c(C=O)c3C(C)(C)C. The van der Waals surface area contributed by atoms with Crippen LogP contribution in [0.3, 0.4) is 0 Å². The summed E-state index contributed by atoms with van der Waals surface area (Å²) in [5.41, 5.74) is 11.9. The minimum absolute atomic E-state index is 0.0699. The summed E-state index contributed by atoms with van der Waals surface area (Å²) in [6, 6.07) is 10.7. The molecule has 220 valence electrons. The minimum atomic E-state index is -0.267. The number of hydrogen-bond donors (Lipinski definition) is 2. The van der Waals surface area contributed by atoms with Crippen LogP contribution in [0.2, 0.25) is 0 Å². The summed E-state index contributed by atoms with van der Waals surface area (Å²) in [6.45, 7) is 26.4. The summed E-state index contributed by atoms with van der Waals surface area (Å²) < 4.78 is 0. The Balaban J connectivity index is 2.02. The lowest BCUT2D eigenvalue weighted by atomic mass is 9.83. The van der Waals surface area contributed by atoms with Crippen molar-refractivity contribution >= 4 is 51.7 Å². The third-order valence-corrected chi connectivity index (χ3v) is 8.05. The van der Waals surface area contributed by atoms with Crippen molar-refractivity contribution in [1.29, 1.82) is 0 Å². The lowest BCUT2D eigenvalue weighted by Gasteiger charge is -2.20. The lowest BCUT2D eigenvalue weighted by Crippen LogP contribution is -2.12. The summed E-state index contributed by atoms with van der Waals surface area (Å²) in [7, 11) is 0. The van der Waals surface area contributed by atoms with Crippen LogP contribution in [-0.4, -0.2) is 26.2 Å². The van der Waals surface area contributed by atoms with Gasteiger partial charge < -0.3 is 9.97 Å². The molecule has 0 spiro atoms. The Bertz CT molecular complexity index is 1810. The van der Waals surface area contributed by atoms with Gasteiger partial charge in [-0.3, -0.25) is 4.79 Å². The molecule has 5 heteroatoms. The zero-order valence-corrected chi connectivity index (χ0v) is 27.4. The molecule has 2 aliphatic rings. The monoisotopic (exact) mass is 562 g/mol. The molecule has 0 fully saturated rings. The molecule has 42 heavy (non-hydrogen) atoms. The van der Waals surface area contributed by atoms with E-state index in [2.05, 4.69) is 129 Å². The normalized spacial score (nSPS) is 14.6. The predicted molar refractivity (Wildman–Crippen MR) is 178 cm³/mol. The molecule has 8 bridgehead atoms. The van der Waals surface area contributed by atoms with Gasteiger partial charge in [0, 0.05) is 22.1 Å². The average molecular weight is 563 g/mol. The van der Waals surface area contributed by atoms with Gasteiger partial charge in [0.05, 0.1) is 28.3 Å². The number of aromatic amines is 2. The summed E-state index contributed by atoms with van der Waals surface area (Å²) in [4.78, 5) is 30.2. The van der Waals surface area contributed by atoms with Gasteiger partial charge in [0.2, 0.25) is 0 Å². The number of hydrogen-bond acceptors (Lipinski definition) is 3. The van der Waals surface area contributed by atoms with Crippen LogP contribution in [0.15, 0.2) is 30.3 Å². The molecule has 0 saturated heterocycles. The summed E-state index contributed by atoms with van der Waals surface area (Å²) >= 11 is 0. The van der Waals surface area contributed by atoms with Gasteiger partial charge in [-0.2, -0.15) is 0 Å². The van der Waals surface area contributed by atoms with E-state index in [1.54, 1.807) is 0 Å². The first-order chi connectivity index (χ1) is 19.3. The Kier molecular flexibility index (Phi) is 6.84. The standard InChI is InChI=1S/C37H46N4O/c1-34(2,3)25-13-21-16-30-26(35(4,5)6)15-23(39-30)18-32-33(37(10,11)12)24(20-42)28(41-32)19-31-27(36(7,8)9)14-22(40-31)17-29(25)38-21/h13-20,38,41H,1-12H3. The fourth-order valence-electron chi connectivity index (χ4n) is 6.07. The predicted octanol–water partition coefficient (Wildman–Crippen LogP) is 9.90. The Morgan fingerprint density at radius 2 is 1.10 bits per heavy atom. The number of aromatic nitrogens is 4. The van der Waals surface area contributed by atoms with E-state index in [1.165, 1.54) is 11.1 Å². The third kappa shape index (κ3) is 5.54. The maximum atomic E-state index is 12.7. The minimum Gasteiger partial charge on any atom is -0.355 e. The molecule has 0 radical (unpaired) electrons. The molecule has 0 saturated carbocycles. The first-order valence-electron chi connectivity index (χ1n) is 15.0. The number of nitrogens with one attached hydrogen (secondary N) is 2. The van der Waals surface area contributed by atoms with Crippen LogP contribution < -0.4 is 0 Å².